The van der Waals surface area contributed by atoms with Crippen LogP contribution in [-0.4, -0.2) is 39.1 Å². The molecule has 0 saturated carbocycles. The second-order valence-corrected chi connectivity index (χ2v) is 10.4. The first-order valence-electron chi connectivity index (χ1n) is 11.1. The van der Waals surface area contributed by atoms with Gasteiger partial charge in [-0.3, -0.25) is 33.9 Å². The summed E-state index contributed by atoms with van der Waals surface area (Å²) in [5.74, 6) is -3.85. The number of amides is 2. The van der Waals surface area contributed by atoms with E-state index in [4.69, 9.17) is 4.74 Å². The number of nitrogens with zero attached hydrogens (tertiary/aromatic N) is 3. The minimum absolute atomic E-state index is 0.132. The van der Waals surface area contributed by atoms with Gasteiger partial charge in [0, 0.05) is 22.9 Å². The van der Waals surface area contributed by atoms with Gasteiger partial charge < -0.3 is 4.74 Å². The van der Waals surface area contributed by atoms with Crippen LogP contribution < -0.4 is 9.77 Å². The highest BCUT2D eigenvalue weighted by Crippen LogP contribution is 2.53. The van der Waals surface area contributed by atoms with Crippen LogP contribution in [0.25, 0.3) is 0 Å². The Hall–Kier alpha value is -3.84. The van der Waals surface area contributed by atoms with E-state index in [1.807, 2.05) is 0 Å². The average molecular weight is 544 g/mol. The molecule has 0 spiro atoms. The smallest absolute Gasteiger partial charge is 0.326 e. The number of nitro benzene ring substituents is 1. The highest BCUT2D eigenvalue weighted by Gasteiger charge is 2.56. The Labute approximate surface area is 216 Å². The number of non-ortho nitro benzene ring substituents is 1. The molecule has 2 amide bonds. The van der Waals surface area contributed by atoms with Crippen LogP contribution in [0.2, 0.25) is 0 Å². The summed E-state index contributed by atoms with van der Waals surface area (Å²) in [5.41, 5.74) is 0.527. The summed E-state index contributed by atoms with van der Waals surface area (Å²) < 4.78 is 20.0. The van der Waals surface area contributed by atoms with Crippen molar-refractivity contribution in [1.82, 2.24) is 4.57 Å². The summed E-state index contributed by atoms with van der Waals surface area (Å²) in [6.07, 6.45) is 0. The fraction of sp³-hybridized carbons (Fsp3) is 0.250. The number of carbonyl (C=O) groups is 3. The number of imide groups is 1. The summed E-state index contributed by atoms with van der Waals surface area (Å²) in [7, 11) is 0. The van der Waals surface area contributed by atoms with E-state index in [1.165, 1.54) is 53.1 Å². The molecule has 0 bridgehead atoms. The molecule has 2 unspecified atom stereocenters. The van der Waals surface area contributed by atoms with Crippen molar-refractivity contribution in [2.24, 2.45) is 5.92 Å². The van der Waals surface area contributed by atoms with Crippen molar-refractivity contribution in [2.75, 3.05) is 11.5 Å². The quantitative estimate of drug-likeness (QED) is 0.200. The number of nitro groups is 1. The maximum Gasteiger partial charge on any atom is 0.326 e. The van der Waals surface area contributed by atoms with Crippen LogP contribution in [0.1, 0.15) is 23.3 Å². The lowest BCUT2D eigenvalue weighted by Gasteiger charge is -2.30. The van der Waals surface area contributed by atoms with Gasteiger partial charge >= 0.3 is 10.8 Å². The zero-order valence-corrected chi connectivity index (χ0v) is 20.8. The van der Waals surface area contributed by atoms with E-state index in [2.05, 4.69) is 0 Å². The Morgan fingerprint density at radius 3 is 2.38 bits per heavy atom. The van der Waals surface area contributed by atoms with Crippen molar-refractivity contribution >= 4 is 52.3 Å². The van der Waals surface area contributed by atoms with Crippen molar-refractivity contribution in [3.63, 3.8) is 0 Å². The van der Waals surface area contributed by atoms with Crippen LogP contribution in [0.5, 0.6) is 0 Å². The van der Waals surface area contributed by atoms with E-state index in [9.17, 15) is 33.7 Å². The molecule has 0 radical (unpaired) electrons. The molecule has 1 aromatic heterocycles. The fourth-order valence-corrected chi connectivity index (χ4v) is 7.37. The van der Waals surface area contributed by atoms with Crippen LogP contribution in [0.4, 0.5) is 15.8 Å². The largest absolute Gasteiger partial charge is 0.465 e. The number of benzene rings is 2. The van der Waals surface area contributed by atoms with Crippen LogP contribution in [0, 0.1) is 21.8 Å². The number of ether oxygens (including phenoxy) is 1. The van der Waals surface area contributed by atoms with Crippen LogP contribution in [0.15, 0.2) is 58.4 Å². The summed E-state index contributed by atoms with van der Waals surface area (Å²) >= 11 is 1.89. The Bertz CT molecular complexity index is 1480. The van der Waals surface area contributed by atoms with E-state index < -0.39 is 50.5 Å². The Morgan fingerprint density at radius 1 is 1.08 bits per heavy atom. The molecule has 1 saturated heterocycles. The monoisotopic (exact) mass is 543 g/mol. The second kappa shape index (κ2) is 9.56. The van der Waals surface area contributed by atoms with Crippen LogP contribution in [-0.2, 0) is 25.7 Å². The summed E-state index contributed by atoms with van der Waals surface area (Å²) in [4.78, 5) is 63.9. The number of hydrogen-bond donors (Lipinski definition) is 0. The molecule has 0 aliphatic carbocycles. The molecule has 3 heterocycles. The molecular formula is C24H18FN3O7S2. The number of rotatable bonds is 6. The molecule has 2 aromatic carbocycles. The van der Waals surface area contributed by atoms with Crippen LogP contribution >= 0.6 is 23.1 Å². The third kappa shape index (κ3) is 4.23. The Morgan fingerprint density at radius 2 is 1.76 bits per heavy atom. The SMILES string of the molecule is CCOC(=O)Cn1c2c(sc1=O)[C@H](c1ccc(F)cc1)C1C(=O)N(c3ccc([N+](=O)[O-])cc3)C(=O)C1S2. The summed E-state index contributed by atoms with van der Waals surface area (Å²) in [5, 5.41) is 10.5. The Kier molecular flexibility index (Phi) is 6.42. The molecule has 13 heteroatoms. The van der Waals surface area contributed by atoms with Gasteiger partial charge in [0.15, 0.2) is 0 Å². The molecule has 3 aromatic rings. The number of carbonyl (C=O) groups excluding carboxylic acids is 3. The maximum atomic E-state index is 13.7. The van der Waals surface area contributed by atoms with Gasteiger partial charge in [0.05, 0.1) is 28.2 Å². The predicted molar refractivity (Wildman–Crippen MR) is 132 cm³/mol. The normalized spacial score (nSPS) is 20.5. The van der Waals surface area contributed by atoms with Gasteiger partial charge in [-0.05, 0) is 36.8 Å². The molecule has 3 atom stereocenters. The summed E-state index contributed by atoms with van der Waals surface area (Å²) in [6.45, 7) is 1.42. The first kappa shape index (κ1) is 24.8. The molecule has 2 aliphatic rings. The minimum Gasteiger partial charge on any atom is -0.465 e. The zero-order valence-electron chi connectivity index (χ0n) is 19.2. The van der Waals surface area contributed by atoms with Gasteiger partial charge in [-0.1, -0.05) is 35.2 Å². The highest BCUT2D eigenvalue weighted by molar-refractivity contribution is 8.00. The molecular weight excluding hydrogens is 525 g/mol. The second-order valence-electron chi connectivity index (χ2n) is 8.31. The maximum absolute atomic E-state index is 13.7. The number of fused-ring (bicyclic) bond motifs is 2. The van der Waals surface area contributed by atoms with Gasteiger partial charge in [-0.25, -0.2) is 9.29 Å². The van der Waals surface area contributed by atoms with Gasteiger partial charge in [0.1, 0.15) is 17.6 Å². The molecule has 0 N–H and O–H groups in total. The first-order chi connectivity index (χ1) is 17.7. The zero-order chi connectivity index (χ0) is 26.4. The van der Waals surface area contributed by atoms with Gasteiger partial charge in [-0.15, -0.1) is 0 Å². The average Bonchev–Trinajstić information content (AvgIpc) is 3.31. The molecule has 5 rings (SSSR count). The number of aromatic nitrogens is 1. The molecule has 10 nitrogen and oxygen atoms in total. The number of halogens is 1. The number of anilines is 1. The third-order valence-electron chi connectivity index (χ3n) is 6.19. The van der Waals surface area contributed by atoms with E-state index in [0.717, 1.165) is 28.0 Å². The van der Waals surface area contributed by atoms with Gasteiger partial charge in [0.2, 0.25) is 11.8 Å². The van der Waals surface area contributed by atoms with E-state index >= 15 is 0 Å². The van der Waals surface area contributed by atoms with Crippen molar-refractivity contribution in [1.29, 1.82) is 0 Å². The van der Waals surface area contributed by atoms with E-state index in [-0.39, 0.29) is 24.5 Å². The topological polar surface area (TPSA) is 129 Å². The number of hydrogen-bond acceptors (Lipinski definition) is 9. The van der Waals surface area contributed by atoms with Gasteiger partial charge in [0.25, 0.3) is 5.69 Å². The van der Waals surface area contributed by atoms with E-state index in [1.54, 1.807) is 6.92 Å². The van der Waals surface area contributed by atoms with E-state index in [0.29, 0.717) is 15.5 Å². The third-order valence-corrected chi connectivity index (χ3v) is 8.79. The van der Waals surface area contributed by atoms with Gasteiger partial charge in [-0.2, -0.15) is 0 Å². The van der Waals surface area contributed by atoms with Crippen molar-refractivity contribution in [2.45, 2.75) is 29.7 Å². The van der Waals surface area contributed by atoms with Crippen molar-refractivity contribution in [3.05, 3.63) is 84.6 Å². The lowest BCUT2D eigenvalue weighted by atomic mass is 9.83. The summed E-state index contributed by atoms with van der Waals surface area (Å²) in [6, 6.07) is 10.5. The standard InChI is InChI=1S/C24H18FN3O7S2/c1-2-35-16(29)11-26-23-20(37-24(26)32)17(12-3-5-13(25)6-4-12)18-19(36-23)22(31)27(21(18)30)14-7-9-15(10-8-14)28(33)34/h3-10,17-19H,2,11H2,1H3/t17-,18?,19?/m1/s1. The van der Waals surface area contributed by atoms with Crippen molar-refractivity contribution < 1.29 is 28.4 Å². The Balaban J connectivity index is 1.61. The lowest BCUT2D eigenvalue weighted by Crippen LogP contribution is -2.32. The molecule has 190 valence electrons. The number of thioether (sulfide) groups is 1. The predicted octanol–water partition coefficient (Wildman–Crippen LogP) is 3.32. The minimum atomic E-state index is -0.937. The first-order valence-corrected chi connectivity index (χ1v) is 12.8. The highest BCUT2D eigenvalue weighted by atomic mass is 32.2. The van der Waals surface area contributed by atoms with Crippen LogP contribution in [0.3, 0.4) is 0 Å². The fourth-order valence-electron chi connectivity index (χ4n) is 4.60. The molecule has 37 heavy (non-hydrogen) atoms. The number of esters is 1. The van der Waals surface area contributed by atoms with Crippen molar-refractivity contribution in [3.8, 4) is 0 Å². The number of thiazole rings is 1. The molecule has 2 aliphatic heterocycles. The molecule has 1 fully saturated rings. The lowest BCUT2D eigenvalue weighted by molar-refractivity contribution is -0.384.